The van der Waals surface area contributed by atoms with Crippen molar-refractivity contribution in [3.8, 4) is 23.1 Å². The fourth-order valence-corrected chi connectivity index (χ4v) is 3.07. The molecule has 1 amide bonds. The number of anilines is 1. The second-order valence-electron chi connectivity index (χ2n) is 6.91. The number of rotatable bonds is 10. The van der Waals surface area contributed by atoms with Gasteiger partial charge in [0.25, 0.3) is 5.91 Å². The summed E-state index contributed by atoms with van der Waals surface area (Å²) in [6.45, 7) is 3.05. The maximum absolute atomic E-state index is 12.7. The number of pyridine rings is 1. The van der Waals surface area contributed by atoms with Gasteiger partial charge in [-0.15, -0.1) is 0 Å². The van der Waals surface area contributed by atoms with E-state index < -0.39 is 0 Å². The van der Waals surface area contributed by atoms with Crippen molar-refractivity contribution in [2.24, 2.45) is 0 Å². The highest BCUT2D eigenvalue weighted by Crippen LogP contribution is 2.29. The van der Waals surface area contributed by atoms with E-state index in [0.717, 1.165) is 5.75 Å². The summed E-state index contributed by atoms with van der Waals surface area (Å²) in [5, 5.41) is 6.98. The zero-order chi connectivity index (χ0) is 22.9. The molecule has 2 aromatic heterocycles. The number of nitrogens with one attached hydrogen (secondary N) is 1. The summed E-state index contributed by atoms with van der Waals surface area (Å²) in [6.07, 6.45) is 5.06. The number of amides is 1. The fraction of sp³-hybridized carbons (Fsp3) is 0.160. The Morgan fingerprint density at radius 2 is 1.79 bits per heavy atom. The minimum Gasteiger partial charge on any atom is -0.490 e. The summed E-state index contributed by atoms with van der Waals surface area (Å²) < 4.78 is 18.8. The molecule has 4 aromatic rings. The summed E-state index contributed by atoms with van der Waals surface area (Å²) in [6, 6.07) is 20.0. The van der Waals surface area contributed by atoms with Crippen LogP contribution in [0.15, 0.2) is 85.3 Å². The first-order valence-electron chi connectivity index (χ1n) is 10.6. The summed E-state index contributed by atoms with van der Waals surface area (Å²) in [5.41, 5.74) is 1.02. The first-order valence-corrected chi connectivity index (χ1v) is 10.6. The molecule has 1 N–H and O–H groups in total. The molecule has 2 aromatic carbocycles. The molecular formula is C25H24N4O4. The number of hydrogen-bond acceptors (Lipinski definition) is 6. The average molecular weight is 444 g/mol. The molecule has 0 atom stereocenters. The van der Waals surface area contributed by atoms with Crippen LogP contribution >= 0.6 is 0 Å². The van der Waals surface area contributed by atoms with E-state index in [2.05, 4.69) is 15.4 Å². The van der Waals surface area contributed by atoms with Gasteiger partial charge in [-0.3, -0.25) is 4.79 Å². The lowest BCUT2D eigenvalue weighted by Gasteiger charge is -2.14. The van der Waals surface area contributed by atoms with Gasteiger partial charge in [0.2, 0.25) is 0 Å². The molecule has 4 rings (SSSR count). The Labute approximate surface area is 191 Å². The molecule has 168 valence electrons. The van der Waals surface area contributed by atoms with Crippen LogP contribution in [0.25, 0.3) is 5.82 Å². The van der Waals surface area contributed by atoms with Crippen LogP contribution in [0.2, 0.25) is 0 Å². The molecule has 0 spiro atoms. The average Bonchev–Trinajstić information content (AvgIpc) is 3.39. The normalized spacial score (nSPS) is 10.5. The first-order chi connectivity index (χ1) is 16.2. The molecule has 0 aliphatic rings. The summed E-state index contributed by atoms with van der Waals surface area (Å²) in [7, 11) is 0. The van der Waals surface area contributed by atoms with Crippen LogP contribution in [0.4, 0.5) is 5.69 Å². The number of nitrogens with zero attached hydrogens (tertiary/aromatic N) is 3. The highest BCUT2D eigenvalue weighted by atomic mass is 16.5. The van der Waals surface area contributed by atoms with Crippen LogP contribution in [-0.4, -0.2) is 40.5 Å². The molecule has 0 fully saturated rings. The lowest BCUT2D eigenvalue weighted by molar-refractivity contribution is 0.102. The van der Waals surface area contributed by atoms with Crippen molar-refractivity contribution >= 4 is 11.6 Å². The van der Waals surface area contributed by atoms with Gasteiger partial charge in [0.1, 0.15) is 19.0 Å². The molecule has 0 unspecified atom stereocenters. The highest BCUT2D eigenvalue weighted by Gasteiger charge is 2.13. The Balaban J connectivity index is 1.37. The molecule has 0 bridgehead atoms. The third-order valence-electron chi connectivity index (χ3n) is 4.60. The van der Waals surface area contributed by atoms with E-state index in [-0.39, 0.29) is 5.91 Å². The van der Waals surface area contributed by atoms with Gasteiger partial charge in [-0.25, -0.2) is 9.67 Å². The molecule has 2 heterocycles. The van der Waals surface area contributed by atoms with Crippen LogP contribution in [-0.2, 0) is 0 Å². The molecule has 33 heavy (non-hydrogen) atoms. The fourth-order valence-electron chi connectivity index (χ4n) is 3.07. The molecule has 8 heteroatoms. The quantitative estimate of drug-likeness (QED) is 0.365. The molecule has 0 saturated carbocycles. The predicted molar refractivity (Wildman–Crippen MR) is 124 cm³/mol. The van der Waals surface area contributed by atoms with Crippen molar-refractivity contribution < 1.29 is 19.0 Å². The molecular weight excluding hydrogens is 420 g/mol. The van der Waals surface area contributed by atoms with E-state index in [4.69, 9.17) is 14.2 Å². The monoisotopic (exact) mass is 444 g/mol. The van der Waals surface area contributed by atoms with Gasteiger partial charge in [0, 0.05) is 18.0 Å². The summed E-state index contributed by atoms with van der Waals surface area (Å²) in [4.78, 5) is 17.1. The van der Waals surface area contributed by atoms with Crippen molar-refractivity contribution in [2.45, 2.75) is 6.92 Å². The Morgan fingerprint density at radius 3 is 2.52 bits per heavy atom. The Bertz CT molecular complexity index is 1160. The maximum atomic E-state index is 12.7. The number of hydrogen-bond donors (Lipinski definition) is 1. The number of benzene rings is 2. The van der Waals surface area contributed by atoms with Crippen molar-refractivity contribution in [3.05, 3.63) is 90.9 Å². The smallest absolute Gasteiger partial charge is 0.255 e. The van der Waals surface area contributed by atoms with Crippen LogP contribution in [0.5, 0.6) is 17.2 Å². The van der Waals surface area contributed by atoms with Gasteiger partial charge < -0.3 is 19.5 Å². The number of carbonyl (C=O) groups is 1. The number of aromatic nitrogens is 3. The third-order valence-corrected chi connectivity index (χ3v) is 4.60. The van der Waals surface area contributed by atoms with Crippen molar-refractivity contribution in [1.29, 1.82) is 0 Å². The second-order valence-corrected chi connectivity index (χ2v) is 6.91. The predicted octanol–water partition coefficient (Wildman–Crippen LogP) is 4.38. The van der Waals surface area contributed by atoms with Crippen LogP contribution in [0, 0.1) is 0 Å². The minimum atomic E-state index is -0.274. The molecule has 0 radical (unpaired) electrons. The Kier molecular flexibility index (Phi) is 7.17. The zero-order valence-electron chi connectivity index (χ0n) is 18.2. The Morgan fingerprint density at radius 1 is 0.939 bits per heavy atom. The van der Waals surface area contributed by atoms with Crippen molar-refractivity contribution in [1.82, 2.24) is 14.8 Å². The highest BCUT2D eigenvalue weighted by molar-refractivity contribution is 6.04. The van der Waals surface area contributed by atoms with E-state index in [1.165, 1.54) is 0 Å². The first kappa shape index (κ1) is 21.9. The topological polar surface area (TPSA) is 87.5 Å². The van der Waals surface area contributed by atoms with E-state index in [1.807, 2.05) is 43.3 Å². The standard InChI is InChI=1S/C25H24N4O4/c1-2-31-23-17-19(9-11-22(23)33-16-15-32-21-7-4-3-5-8-21)25(30)28-20-10-12-24(26-18-20)29-14-6-13-27-29/h3-14,17-18H,2,15-16H2,1H3,(H,28,30). The van der Waals surface area contributed by atoms with Crippen molar-refractivity contribution in [2.75, 3.05) is 25.1 Å². The lowest BCUT2D eigenvalue weighted by Crippen LogP contribution is -2.13. The SMILES string of the molecule is CCOc1cc(C(=O)Nc2ccc(-n3cccn3)nc2)ccc1OCCOc1ccccc1. The van der Waals surface area contributed by atoms with Gasteiger partial charge in [-0.05, 0) is 55.5 Å². The van der Waals surface area contributed by atoms with Gasteiger partial charge in [-0.1, -0.05) is 18.2 Å². The van der Waals surface area contributed by atoms with Crippen LogP contribution in [0.1, 0.15) is 17.3 Å². The van der Waals surface area contributed by atoms with Crippen molar-refractivity contribution in [3.63, 3.8) is 0 Å². The summed E-state index contributed by atoms with van der Waals surface area (Å²) in [5.74, 6) is 2.22. The van der Waals surface area contributed by atoms with E-state index >= 15 is 0 Å². The van der Waals surface area contributed by atoms with E-state index in [9.17, 15) is 4.79 Å². The van der Waals surface area contributed by atoms with Crippen LogP contribution < -0.4 is 19.5 Å². The lowest BCUT2D eigenvalue weighted by atomic mass is 10.2. The van der Waals surface area contributed by atoms with Gasteiger partial charge in [-0.2, -0.15) is 5.10 Å². The van der Waals surface area contributed by atoms with Crippen LogP contribution in [0.3, 0.4) is 0 Å². The largest absolute Gasteiger partial charge is 0.490 e. The number of carbonyl (C=O) groups excluding carboxylic acids is 1. The van der Waals surface area contributed by atoms with E-state index in [1.54, 1.807) is 53.6 Å². The minimum absolute atomic E-state index is 0.274. The zero-order valence-corrected chi connectivity index (χ0v) is 18.2. The third kappa shape index (κ3) is 5.88. The number of para-hydroxylation sites is 1. The van der Waals surface area contributed by atoms with Gasteiger partial charge in [0.15, 0.2) is 17.3 Å². The Hall–Kier alpha value is -4.33. The van der Waals surface area contributed by atoms with Gasteiger partial charge >= 0.3 is 0 Å². The maximum Gasteiger partial charge on any atom is 0.255 e. The molecule has 0 saturated heterocycles. The molecule has 0 aliphatic heterocycles. The molecule has 0 aliphatic carbocycles. The van der Waals surface area contributed by atoms with Gasteiger partial charge in [0.05, 0.1) is 18.5 Å². The number of ether oxygens (including phenoxy) is 3. The molecule has 8 nitrogen and oxygen atoms in total. The summed E-state index contributed by atoms with van der Waals surface area (Å²) >= 11 is 0. The van der Waals surface area contributed by atoms with E-state index in [0.29, 0.717) is 48.4 Å². The second kappa shape index (κ2) is 10.8.